The van der Waals surface area contributed by atoms with Gasteiger partial charge in [-0.2, -0.15) is 0 Å². The van der Waals surface area contributed by atoms with Crippen LogP contribution in [0, 0.1) is 0 Å². The maximum absolute atomic E-state index is 12.5. The summed E-state index contributed by atoms with van der Waals surface area (Å²) in [4.78, 5) is 12.5. The Morgan fingerprint density at radius 3 is 2.28 bits per heavy atom. The fourth-order valence-corrected chi connectivity index (χ4v) is 2.83. The van der Waals surface area contributed by atoms with Crippen molar-refractivity contribution in [3.63, 3.8) is 0 Å². The molecule has 0 aromatic heterocycles. The van der Waals surface area contributed by atoms with E-state index in [4.69, 9.17) is 0 Å². The first-order chi connectivity index (χ1) is 8.62. The van der Waals surface area contributed by atoms with Crippen molar-refractivity contribution in [2.75, 3.05) is 0 Å². The molecule has 2 unspecified atom stereocenters. The highest BCUT2D eigenvalue weighted by Crippen LogP contribution is 2.46. The van der Waals surface area contributed by atoms with Crippen LogP contribution in [-0.4, -0.2) is 10.9 Å². The number of benzene rings is 2. The highest BCUT2D eigenvalue weighted by atomic mass is 16.3. The van der Waals surface area contributed by atoms with Crippen molar-refractivity contribution in [1.82, 2.24) is 0 Å². The summed E-state index contributed by atoms with van der Waals surface area (Å²) in [6.45, 7) is 1.72. The molecule has 2 aromatic rings. The number of hydrogen-bond donors (Lipinski definition) is 1. The molecule has 2 aromatic carbocycles. The van der Waals surface area contributed by atoms with Crippen LogP contribution in [0.5, 0.6) is 0 Å². The molecule has 1 aliphatic rings. The first kappa shape index (κ1) is 11.2. The normalized spacial score (nSPS) is 26.1. The van der Waals surface area contributed by atoms with Gasteiger partial charge in [-0.15, -0.1) is 0 Å². The summed E-state index contributed by atoms with van der Waals surface area (Å²) in [6.07, 6.45) is 0. The van der Waals surface area contributed by atoms with Gasteiger partial charge >= 0.3 is 0 Å². The molecule has 0 heterocycles. The molecule has 2 atom stereocenters. The lowest BCUT2D eigenvalue weighted by Crippen LogP contribution is -2.28. The van der Waals surface area contributed by atoms with Gasteiger partial charge in [-0.25, -0.2) is 0 Å². The summed E-state index contributed by atoms with van der Waals surface area (Å²) in [5.74, 6) is -0.502. The van der Waals surface area contributed by atoms with Crippen LogP contribution in [0.25, 0.3) is 0 Å². The van der Waals surface area contributed by atoms with Crippen LogP contribution in [0.3, 0.4) is 0 Å². The molecule has 0 aliphatic heterocycles. The van der Waals surface area contributed by atoms with Crippen molar-refractivity contribution in [2.45, 2.75) is 18.4 Å². The van der Waals surface area contributed by atoms with Gasteiger partial charge in [0.1, 0.15) is 5.60 Å². The Morgan fingerprint density at radius 2 is 1.61 bits per heavy atom. The summed E-state index contributed by atoms with van der Waals surface area (Å²) in [6, 6.07) is 16.8. The zero-order valence-corrected chi connectivity index (χ0v) is 10.1. The minimum atomic E-state index is -1.13. The lowest BCUT2D eigenvalue weighted by atomic mass is 9.83. The van der Waals surface area contributed by atoms with Crippen molar-refractivity contribution in [2.24, 2.45) is 0 Å². The molecule has 1 N–H and O–H groups in total. The molecule has 0 spiro atoms. The zero-order chi connectivity index (χ0) is 12.8. The standard InChI is InChI=1S/C16H14O2/c1-16(18)13-10-6-5-9-12(13)15(17)14(16)11-7-3-2-4-8-11/h2-10,14,18H,1H3. The molecule has 0 fully saturated rings. The van der Waals surface area contributed by atoms with Gasteiger partial charge in [0.2, 0.25) is 0 Å². The first-order valence-electron chi connectivity index (χ1n) is 6.03. The molecule has 0 saturated carbocycles. The zero-order valence-electron chi connectivity index (χ0n) is 10.1. The van der Waals surface area contributed by atoms with Crippen molar-refractivity contribution in [3.8, 4) is 0 Å². The van der Waals surface area contributed by atoms with Gasteiger partial charge in [0.05, 0.1) is 5.92 Å². The van der Waals surface area contributed by atoms with Crippen LogP contribution >= 0.6 is 0 Å². The summed E-state index contributed by atoms with van der Waals surface area (Å²) >= 11 is 0. The smallest absolute Gasteiger partial charge is 0.173 e. The molecule has 2 nitrogen and oxygen atoms in total. The van der Waals surface area contributed by atoms with E-state index in [1.165, 1.54) is 0 Å². The minimum Gasteiger partial charge on any atom is -0.384 e. The molecule has 1 aliphatic carbocycles. The number of carbonyl (C=O) groups excluding carboxylic acids is 1. The maximum atomic E-state index is 12.5. The Bertz CT molecular complexity index is 600. The van der Waals surface area contributed by atoms with E-state index in [1.807, 2.05) is 48.5 Å². The van der Waals surface area contributed by atoms with Gasteiger partial charge in [0.15, 0.2) is 5.78 Å². The average molecular weight is 238 g/mol. The van der Waals surface area contributed by atoms with Crippen LogP contribution in [0.1, 0.15) is 34.3 Å². The third kappa shape index (κ3) is 1.42. The van der Waals surface area contributed by atoms with Crippen LogP contribution in [0.4, 0.5) is 0 Å². The van der Waals surface area contributed by atoms with Crippen LogP contribution in [0.15, 0.2) is 54.6 Å². The average Bonchev–Trinajstić information content (AvgIpc) is 2.59. The molecular weight excluding hydrogens is 224 g/mol. The molecule has 3 rings (SSSR count). The number of rotatable bonds is 1. The number of hydrogen-bond acceptors (Lipinski definition) is 2. The topological polar surface area (TPSA) is 37.3 Å². The lowest BCUT2D eigenvalue weighted by molar-refractivity contribution is 0.0365. The molecule has 0 bridgehead atoms. The van der Waals surface area contributed by atoms with Crippen molar-refractivity contribution in [3.05, 3.63) is 71.3 Å². The summed E-state index contributed by atoms with van der Waals surface area (Å²) < 4.78 is 0. The van der Waals surface area contributed by atoms with Gasteiger partial charge in [-0.05, 0) is 18.1 Å². The third-order valence-corrected chi connectivity index (χ3v) is 3.70. The van der Waals surface area contributed by atoms with Gasteiger partial charge in [-0.3, -0.25) is 4.79 Å². The molecule has 0 radical (unpaired) electrons. The van der Waals surface area contributed by atoms with E-state index in [9.17, 15) is 9.90 Å². The van der Waals surface area contributed by atoms with E-state index < -0.39 is 11.5 Å². The maximum Gasteiger partial charge on any atom is 0.173 e. The van der Waals surface area contributed by atoms with E-state index in [2.05, 4.69) is 0 Å². The van der Waals surface area contributed by atoms with Gasteiger partial charge < -0.3 is 5.11 Å². The Kier molecular flexibility index (Phi) is 2.35. The molecule has 18 heavy (non-hydrogen) atoms. The largest absolute Gasteiger partial charge is 0.384 e. The van der Waals surface area contributed by atoms with Gasteiger partial charge in [0, 0.05) is 5.56 Å². The van der Waals surface area contributed by atoms with E-state index in [1.54, 1.807) is 13.0 Å². The molecule has 0 saturated heterocycles. The van der Waals surface area contributed by atoms with Crippen LogP contribution < -0.4 is 0 Å². The van der Waals surface area contributed by atoms with Crippen molar-refractivity contribution < 1.29 is 9.90 Å². The molecule has 2 heteroatoms. The fourth-order valence-electron chi connectivity index (χ4n) is 2.83. The second kappa shape index (κ2) is 3.79. The van der Waals surface area contributed by atoms with Crippen LogP contribution in [0.2, 0.25) is 0 Å². The lowest BCUT2D eigenvalue weighted by Gasteiger charge is -2.25. The Balaban J connectivity index is 2.18. The van der Waals surface area contributed by atoms with E-state index in [0.717, 1.165) is 11.1 Å². The van der Waals surface area contributed by atoms with Crippen LogP contribution in [-0.2, 0) is 5.60 Å². The highest BCUT2D eigenvalue weighted by Gasteiger charge is 2.48. The number of fused-ring (bicyclic) bond motifs is 1. The Labute approximate surface area is 106 Å². The molecule has 0 amide bonds. The van der Waals surface area contributed by atoms with E-state index in [-0.39, 0.29) is 5.78 Å². The van der Waals surface area contributed by atoms with Gasteiger partial charge in [-0.1, -0.05) is 54.6 Å². The first-order valence-corrected chi connectivity index (χ1v) is 6.03. The predicted octanol–water partition coefficient (Wildman–Crippen LogP) is 2.87. The minimum absolute atomic E-state index is 0.00167. The number of carbonyl (C=O) groups is 1. The second-order valence-electron chi connectivity index (χ2n) is 4.90. The number of ketones is 1. The monoisotopic (exact) mass is 238 g/mol. The van der Waals surface area contributed by atoms with Crippen molar-refractivity contribution >= 4 is 5.78 Å². The predicted molar refractivity (Wildman–Crippen MR) is 69.5 cm³/mol. The quantitative estimate of drug-likeness (QED) is 0.829. The molecule has 90 valence electrons. The fraction of sp³-hybridized carbons (Fsp3) is 0.188. The Morgan fingerprint density at radius 1 is 1.00 bits per heavy atom. The third-order valence-electron chi connectivity index (χ3n) is 3.70. The second-order valence-corrected chi connectivity index (χ2v) is 4.90. The summed E-state index contributed by atoms with van der Waals surface area (Å²) in [5.41, 5.74) is 1.10. The van der Waals surface area contributed by atoms with E-state index >= 15 is 0 Å². The summed E-state index contributed by atoms with van der Waals surface area (Å²) in [7, 11) is 0. The SMILES string of the molecule is CC1(O)c2ccccc2C(=O)C1c1ccccc1. The number of Topliss-reactive ketones (excluding diaryl/α,β-unsaturated/α-hetero) is 1. The molecular formula is C16H14O2. The van der Waals surface area contributed by atoms with E-state index in [0.29, 0.717) is 5.56 Å². The summed E-state index contributed by atoms with van der Waals surface area (Å²) in [5, 5.41) is 10.7. The van der Waals surface area contributed by atoms with Gasteiger partial charge in [0.25, 0.3) is 0 Å². The van der Waals surface area contributed by atoms with Crippen molar-refractivity contribution in [1.29, 1.82) is 0 Å². The number of aliphatic hydroxyl groups is 1. The highest BCUT2D eigenvalue weighted by molar-refractivity contribution is 6.06. The Hall–Kier alpha value is -1.93.